The summed E-state index contributed by atoms with van der Waals surface area (Å²) in [6, 6.07) is 4.08. The maximum Gasteiger partial charge on any atom is 0.270 e. The van der Waals surface area contributed by atoms with Crippen LogP contribution in [0.15, 0.2) is 18.2 Å². The first-order valence-corrected chi connectivity index (χ1v) is 7.56. The summed E-state index contributed by atoms with van der Waals surface area (Å²) in [7, 11) is 1.70. The molecule has 6 nitrogen and oxygen atoms in total. The molecule has 0 aliphatic rings. The summed E-state index contributed by atoms with van der Waals surface area (Å²) in [4.78, 5) is 10.1. The summed E-state index contributed by atoms with van der Waals surface area (Å²) in [5.41, 5.74) is 6.34. The molecule has 0 radical (unpaired) electrons. The van der Waals surface area contributed by atoms with Gasteiger partial charge in [-0.1, -0.05) is 39.6 Å². The number of nitro groups is 1. The van der Waals surface area contributed by atoms with Crippen LogP contribution in [-0.4, -0.2) is 28.4 Å². The van der Waals surface area contributed by atoms with Crippen molar-refractivity contribution in [3.8, 4) is 0 Å². The van der Waals surface area contributed by atoms with Crippen molar-refractivity contribution in [3.63, 3.8) is 0 Å². The highest BCUT2D eigenvalue weighted by Gasteiger charge is 2.15. The zero-order valence-electron chi connectivity index (χ0n) is 12.9. The lowest BCUT2D eigenvalue weighted by molar-refractivity contribution is -0.384. The quantitative estimate of drug-likeness (QED) is 0.221. The Labute approximate surface area is 125 Å². The number of rotatable bonds is 3. The molecular formula is C13H24N4O2S. The number of nitrogens with two attached hydrogens (primary N) is 1. The molecule has 1 aromatic carbocycles. The summed E-state index contributed by atoms with van der Waals surface area (Å²) in [5, 5.41) is 18.4. The first-order valence-electron chi connectivity index (χ1n) is 6.38. The third-order valence-corrected chi connectivity index (χ3v) is 2.82. The molecule has 1 aromatic rings. The molecule has 0 amide bonds. The Morgan fingerprint density at radius 1 is 1.35 bits per heavy atom. The topological polar surface area (TPSA) is 96.2 Å². The van der Waals surface area contributed by atoms with Gasteiger partial charge >= 0.3 is 0 Å². The van der Waals surface area contributed by atoms with Gasteiger partial charge in [0.05, 0.1) is 4.92 Å². The van der Waals surface area contributed by atoms with Crippen LogP contribution >= 0.6 is 11.9 Å². The summed E-state index contributed by atoms with van der Waals surface area (Å²) in [6.45, 7) is 8.00. The van der Waals surface area contributed by atoms with E-state index < -0.39 is 4.92 Å². The molecule has 0 spiro atoms. The van der Waals surface area contributed by atoms with Gasteiger partial charge < -0.3 is 10.0 Å². The Bertz CT molecular complexity index is 438. The number of nitrogens with one attached hydrogen (secondary N) is 1. The number of amidine groups is 1. The van der Waals surface area contributed by atoms with Crippen molar-refractivity contribution in [2.45, 2.75) is 27.7 Å². The maximum atomic E-state index is 10.6. The van der Waals surface area contributed by atoms with E-state index in [4.69, 9.17) is 11.1 Å². The fraction of sp³-hybridized carbons (Fsp3) is 0.462. The van der Waals surface area contributed by atoms with Crippen LogP contribution in [0.4, 0.5) is 11.4 Å². The minimum Gasteiger partial charge on any atom is -0.398 e. The van der Waals surface area contributed by atoms with E-state index in [-0.39, 0.29) is 11.5 Å². The second kappa shape index (κ2) is 11.1. The van der Waals surface area contributed by atoms with Gasteiger partial charge in [0, 0.05) is 36.7 Å². The van der Waals surface area contributed by atoms with Crippen molar-refractivity contribution >= 4 is 29.2 Å². The zero-order valence-corrected chi connectivity index (χ0v) is 13.7. The minimum absolute atomic E-state index is 0.0662. The number of benzene rings is 1. The van der Waals surface area contributed by atoms with E-state index in [1.807, 2.05) is 34.0 Å². The van der Waals surface area contributed by atoms with Crippen LogP contribution in [0.1, 0.15) is 33.3 Å². The summed E-state index contributed by atoms with van der Waals surface area (Å²) in [6.07, 6.45) is 1.81. The highest BCUT2D eigenvalue weighted by molar-refractivity contribution is 7.96. The Morgan fingerprint density at radius 3 is 2.25 bits per heavy atom. The largest absolute Gasteiger partial charge is 0.398 e. The van der Waals surface area contributed by atoms with Crippen LogP contribution < -0.4 is 5.73 Å². The maximum absolute atomic E-state index is 10.6. The zero-order chi connectivity index (χ0) is 16.3. The number of nitrogen functional groups attached to an aromatic ring is 1. The molecule has 0 unspecified atom stereocenters. The van der Waals surface area contributed by atoms with Crippen LogP contribution in [0.3, 0.4) is 0 Å². The predicted molar refractivity (Wildman–Crippen MR) is 88.3 cm³/mol. The Morgan fingerprint density at radius 2 is 1.85 bits per heavy atom. The second-order valence-electron chi connectivity index (χ2n) is 3.06. The van der Waals surface area contributed by atoms with Gasteiger partial charge in [-0.3, -0.25) is 15.5 Å². The highest BCUT2D eigenvalue weighted by Crippen LogP contribution is 2.22. The Hall–Kier alpha value is -1.76. The smallest absolute Gasteiger partial charge is 0.270 e. The van der Waals surface area contributed by atoms with E-state index in [2.05, 4.69) is 0 Å². The molecule has 0 heterocycles. The average molecular weight is 300 g/mol. The molecule has 0 aliphatic carbocycles. The van der Waals surface area contributed by atoms with Crippen molar-refractivity contribution in [3.05, 3.63) is 33.9 Å². The average Bonchev–Trinajstić information content (AvgIpc) is 2.50. The van der Waals surface area contributed by atoms with Gasteiger partial charge in [-0.05, 0) is 6.07 Å². The molecule has 0 saturated heterocycles. The van der Waals surface area contributed by atoms with Gasteiger partial charge in [0.2, 0.25) is 0 Å². The van der Waals surface area contributed by atoms with E-state index in [1.54, 1.807) is 11.4 Å². The van der Waals surface area contributed by atoms with Crippen molar-refractivity contribution in [2.75, 3.05) is 19.0 Å². The Balaban J connectivity index is 0. The number of hydrogen-bond acceptors (Lipinski definition) is 5. The predicted octanol–water partition coefficient (Wildman–Crippen LogP) is 3.76. The third-order valence-electron chi connectivity index (χ3n) is 2.09. The third kappa shape index (κ3) is 5.92. The number of nitro benzene ring substituents is 1. The first kappa shape index (κ1) is 20.6. The Kier molecular flexibility index (Phi) is 11.4. The summed E-state index contributed by atoms with van der Waals surface area (Å²) >= 11 is 1.33. The first-order chi connectivity index (χ1) is 9.47. The molecule has 0 bridgehead atoms. The molecular weight excluding hydrogens is 276 g/mol. The minimum atomic E-state index is -0.505. The van der Waals surface area contributed by atoms with Crippen molar-refractivity contribution in [2.24, 2.45) is 0 Å². The number of hydrogen-bond donors (Lipinski definition) is 2. The van der Waals surface area contributed by atoms with Gasteiger partial charge in [0.15, 0.2) is 0 Å². The standard InChI is InChI=1S/C9H12N4O2S.2C2H6/c1-12(16-2)9(11)7-5-6(13(14)15)3-4-8(7)10;2*1-2/h3-5,11H,10H2,1-2H3;2*1-2H3. The van der Waals surface area contributed by atoms with Crippen LogP contribution in [0, 0.1) is 15.5 Å². The fourth-order valence-corrected chi connectivity index (χ4v) is 1.40. The van der Waals surface area contributed by atoms with E-state index >= 15 is 0 Å². The van der Waals surface area contributed by atoms with E-state index in [9.17, 15) is 10.1 Å². The van der Waals surface area contributed by atoms with E-state index in [0.717, 1.165) is 0 Å². The lowest BCUT2D eigenvalue weighted by atomic mass is 10.1. The summed E-state index contributed by atoms with van der Waals surface area (Å²) in [5.74, 6) is 0.147. The van der Waals surface area contributed by atoms with Gasteiger partial charge in [-0.2, -0.15) is 0 Å². The van der Waals surface area contributed by atoms with Crippen LogP contribution in [0.25, 0.3) is 0 Å². The van der Waals surface area contributed by atoms with Gasteiger partial charge in [-0.25, -0.2) is 0 Å². The highest BCUT2D eigenvalue weighted by atomic mass is 32.2. The van der Waals surface area contributed by atoms with Crippen LogP contribution in [0.2, 0.25) is 0 Å². The van der Waals surface area contributed by atoms with Crippen molar-refractivity contribution in [1.82, 2.24) is 4.31 Å². The molecule has 20 heavy (non-hydrogen) atoms. The van der Waals surface area contributed by atoms with Crippen LogP contribution in [-0.2, 0) is 0 Å². The molecule has 0 atom stereocenters. The van der Waals surface area contributed by atoms with E-state index in [1.165, 1.54) is 30.1 Å². The number of nitrogens with zero attached hydrogens (tertiary/aromatic N) is 2. The van der Waals surface area contributed by atoms with E-state index in [0.29, 0.717) is 11.3 Å². The van der Waals surface area contributed by atoms with Gasteiger partial charge in [0.1, 0.15) is 5.84 Å². The van der Waals surface area contributed by atoms with Gasteiger partial charge in [-0.15, -0.1) is 0 Å². The molecule has 3 N–H and O–H groups in total. The molecule has 0 saturated carbocycles. The summed E-state index contributed by atoms with van der Waals surface area (Å²) < 4.78 is 1.58. The number of anilines is 1. The molecule has 7 heteroatoms. The number of non-ortho nitro benzene ring substituents is 1. The van der Waals surface area contributed by atoms with Crippen molar-refractivity contribution in [1.29, 1.82) is 5.41 Å². The lowest BCUT2D eigenvalue weighted by Gasteiger charge is -2.17. The molecule has 0 aliphatic heterocycles. The van der Waals surface area contributed by atoms with Crippen molar-refractivity contribution < 1.29 is 4.92 Å². The van der Waals surface area contributed by atoms with Crippen LogP contribution in [0.5, 0.6) is 0 Å². The second-order valence-corrected chi connectivity index (χ2v) is 3.97. The lowest BCUT2D eigenvalue weighted by Crippen LogP contribution is -2.20. The molecule has 0 fully saturated rings. The molecule has 114 valence electrons. The monoisotopic (exact) mass is 300 g/mol. The fourth-order valence-electron chi connectivity index (χ4n) is 1.12. The van der Waals surface area contributed by atoms with Gasteiger partial charge in [0.25, 0.3) is 5.69 Å². The molecule has 0 aromatic heterocycles. The molecule has 1 rings (SSSR count). The normalized spacial score (nSPS) is 8.50. The SMILES string of the molecule is CC.CC.CSN(C)C(=N)c1cc([N+](=O)[O-])ccc1N.